The zero-order chi connectivity index (χ0) is 17.6. The molecule has 1 heterocycles. The van der Waals surface area contributed by atoms with Crippen molar-refractivity contribution in [2.24, 2.45) is 0 Å². The fourth-order valence-electron chi connectivity index (χ4n) is 1.84. The molecular formula is C16H16F3NO3. The number of alkyl halides is 3. The van der Waals surface area contributed by atoms with Crippen molar-refractivity contribution in [1.82, 2.24) is 4.57 Å². The zero-order valence-corrected chi connectivity index (χ0v) is 12.6. The molecule has 7 heteroatoms. The van der Waals surface area contributed by atoms with E-state index < -0.39 is 23.5 Å². The molecule has 1 aromatic carbocycles. The maximum Gasteiger partial charge on any atom is 0.416 e. The van der Waals surface area contributed by atoms with E-state index in [0.717, 1.165) is 24.3 Å². The molecule has 0 aliphatic rings. The first-order valence-corrected chi connectivity index (χ1v) is 6.88. The van der Waals surface area contributed by atoms with Crippen LogP contribution in [0.4, 0.5) is 13.2 Å². The van der Waals surface area contributed by atoms with Crippen molar-refractivity contribution in [3.05, 3.63) is 59.4 Å². The molecular weight excluding hydrogens is 311 g/mol. The number of nitrogens with zero attached hydrogens (tertiary/aromatic N) is 1. The molecule has 1 N–H and O–H groups in total. The Morgan fingerprint density at radius 3 is 2.13 bits per heavy atom. The lowest BCUT2D eigenvalue weighted by Gasteiger charge is -2.08. The minimum atomic E-state index is -4.46. The van der Waals surface area contributed by atoms with Crippen LogP contribution in [0.25, 0.3) is 0 Å². The molecule has 0 atom stereocenters. The summed E-state index contributed by atoms with van der Waals surface area (Å²) in [7, 11) is 0. The van der Waals surface area contributed by atoms with Crippen LogP contribution in [0.2, 0.25) is 0 Å². The van der Waals surface area contributed by atoms with E-state index in [0.29, 0.717) is 0 Å². The SMILES string of the molecule is CC.O=C(Cn1cccc1C(=O)O)c1ccc(C(F)(F)F)cc1. The summed E-state index contributed by atoms with van der Waals surface area (Å²) >= 11 is 0. The number of aromatic nitrogens is 1. The van der Waals surface area contributed by atoms with Crippen LogP contribution in [-0.2, 0) is 12.7 Å². The lowest BCUT2D eigenvalue weighted by molar-refractivity contribution is -0.137. The van der Waals surface area contributed by atoms with E-state index in [1.807, 2.05) is 13.8 Å². The van der Waals surface area contributed by atoms with Crippen LogP contribution in [0.3, 0.4) is 0 Å². The number of aromatic carboxylic acids is 1. The third-order valence-electron chi connectivity index (χ3n) is 2.90. The smallest absolute Gasteiger partial charge is 0.416 e. The van der Waals surface area contributed by atoms with Crippen molar-refractivity contribution in [3.8, 4) is 0 Å². The Kier molecular flexibility index (Phi) is 6.12. The number of rotatable bonds is 4. The number of carbonyl (C=O) groups is 2. The predicted molar refractivity (Wildman–Crippen MR) is 78.5 cm³/mol. The molecule has 2 aromatic rings. The van der Waals surface area contributed by atoms with Crippen molar-refractivity contribution in [1.29, 1.82) is 0 Å². The number of halogens is 3. The van der Waals surface area contributed by atoms with Crippen LogP contribution < -0.4 is 0 Å². The van der Waals surface area contributed by atoms with Gasteiger partial charge in [0.1, 0.15) is 5.69 Å². The number of carboxylic acid groups (broad SMARTS) is 1. The van der Waals surface area contributed by atoms with Crippen molar-refractivity contribution in [2.45, 2.75) is 26.6 Å². The van der Waals surface area contributed by atoms with Gasteiger partial charge >= 0.3 is 12.1 Å². The standard InChI is InChI=1S/C14H10F3NO3.C2H6/c15-14(16,17)10-5-3-9(4-6-10)12(19)8-18-7-1-2-11(18)13(20)21;1-2/h1-7H,8H2,(H,20,21);1-2H3. The Morgan fingerprint density at radius 1 is 1.09 bits per heavy atom. The Morgan fingerprint density at radius 2 is 1.65 bits per heavy atom. The molecule has 0 amide bonds. The molecule has 0 fully saturated rings. The summed E-state index contributed by atoms with van der Waals surface area (Å²) in [5.74, 6) is -1.65. The van der Waals surface area contributed by atoms with Crippen LogP contribution in [0.1, 0.15) is 40.3 Å². The zero-order valence-electron chi connectivity index (χ0n) is 12.6. The highest BCUT2D eigenvalue weighted by Gasteiger charge is 2.30. The van der Waals surface area contributed by atoms with E-state index in [1.165, 1.54) is 22.9 Å². The van der Waals surface area contributed by atoms with Crippen molar-refractivity contribution >= 4 is 11.8 Å². The highest BCUT2D eigenvalue weighted by atomic mass is 19.4. The normalized spacial score (nSPS) is 10.7. The summed E-state index contributed by atoms with van der Waals surface area (Å²) in [5, 5.41) is 8.91. The molecule has 0 saturated heterocycles. The van der Waals surface area contributed by atoms with Crippen molar-refractivity contribution in [2.75, 3.05) is 0 Å². The van der Waals surface area contributed by atoms with Crippen LogP contribution in [0.5, 0.6) is 0 Å². The van der Waals surface area contributed by atoms with Gasteiger partial charge in [0.05, 0.1) is 12.1 Å². The average molecular weight is 327 g/mol. The fourth-order valence-corrected chi connectivity index (χ4v) is 1.84. The van der Waals surface area contributed by atoms with Crippen molar-refractivity contribution in [3.63, 3.8) is 0 Å². The van der Waals surface area contributed by atoms with E-state index in [1.54, 1.807) is 0 Å². The molecule has 0 aliphatic carbocycles. The van der Waals surface area contributed by atoms with Crippen molar-refractivity contribution < 1.29 is 27.9 Å². The summed E-state index contributed by atoms with van der Waals surface area (Å²) in [4.78, 5) is 22.9. The molecule has 0 saturated carbocycles. The fraction of sp³-hybridized carbons (Fsp3) is 0.250. The van der Waals surface area contributed by atoms with Gasteiger partial charge in [0.2, 0.25) is 0 Å². The van der Waals surface area contributed by atoms with E-state index in [2.05, 4.69) is 0 Å². The molecule has 2 rings (SSSR count). The Balaban J connectivity index is 0.00000127. The summed E-state index contributed by atoms with van der Waals surface area (Å²) in [6, 6.07) is 6.61. The highest BCUT2D eigenvalue weighted by Crippen LogP contribution is 2.29. The molecule has 4 nitrogen and oxygen atoms in total. The number of hydrogen-bond donors (Lipinski definition) is 1. The molecule has 0 aliphatic heterocycles. The number of carbonyl (C=O) groups excluding carboxylic acids is 1. The maximum absolute atomic E-state index is 12.4. The van der Waals surface area contributed by atoms with Gasteiger partial charge in [0.15, 0.2) is 5.78 Å². The lowest BCUT2D eigenvalue weighted by Crippen LogP contribution is -2.15. The van der Waals surface area contributed by atoms with Gasteiger partial charge in [-0.15, -0.1) is 0 Å². The number of benzene rings is 1. The van der Waals surface area contributed by atoms with Gasteiger partial charge in [0.25, 0.3) is 0 Å². The Bertz CT molecular complexity index is 673. The van der Waals surface area contributed by atoms with Gasteiger partial charge in [-0.3, -0.25) is 4.79 Å². The molecule has 0 radical (unpaired) electrons. The Hall–Kier alpha value is -2.57. The monoisotopic (exact) mass is 327 g/mol. The molecule has 0 spiro atoms. The first-order valence-electron chi connectivity index (χ1n) is 6.88. The number of hydrogen-bond acceptors (Lipinski definition) is 2. The second kappa shape index (κ2) is 7.62. The molecule has 124 valence electrons. The third-order valence-corrected chi connectivity index (χ3v) is 2.90. The molecule has 23 heavy (non-hydrogen) atoms. The second-order valence-corrected chi connectivity index (χ2v) is 4.32. The Labute approximate surface area is 131 Å². The van der Waals surface area contributed by atoms with E-state index >= 15 is 0 Å². The minimum absolute atomic E-state index is 0.0599. The average Bonchev–Trinajstić information content (AvgIpc) is 2.97. The van der Waals surface area contributed by atoms with E-state index in [-0.39, 0.29) is 17.8 Å². The number of carboxylic acids is 1. The summed E-state index contributed by atoms with van der Waals surface area (Å²) in [6.07, 6.45) is -3.04. The summed E-state index contributed by atoms with van der Waals surface area (Å²) in [5.41, 5.74) is -0.811. The van der Waals surface area contributed by atoms with E-state index in [4.69, 9.17) is 5.11 Å². The summed E-state index contributed by atoms with van der Waals surface area (Å²) < 4.78 is 38.5. The summed E-state index contributed by atoms with van der Waals surface area (Å²) in [6.45, 7) is 3.75. The van der Waals surface area contributed by atoms with Gasteiger partial charge in [0, 0.05) is 11.8 Å². The van der Waals surface area contributed by atoms with Gasteiger partial charge in [-0.2, -0.15) is 13.2 Å². The van der Waals surface area contributed by atoms with Crippen LogP contribution in [0.15, 0.2) is 42.6 Å². The molecule has 0 unspecified atom stereocenters. The molecule has 0 bridgehead atoms. The van der Waals surface area contributed by atoms with Gasteiger partial charge in [-0.25, -0.2) is 4.79 Å². The quantitative estimate of drug-likeness (QED) is 0.860. The van der Waals surface area contributed by atoms with E-state index in [9.17, 15) is 22.8 Å². The lowest BCUT2D eigenvalue weighted by atomic mass is 10.1. The largest absolute Gasteiger partial charge is 0.477 e. The van der Waals surface area contributed by atoms with Gasteiger partial charge in [-0.05, 0) is 24.3 Å². The van der Waals surface area contributed by atoms with Crippen LogP contribution in [-0.4, -0.2) is 21.4 Å². The minimum Gasteiger partial charge on any atom is -0.477 e. The van der Waals surface area contributed by atoms with Crippen LogP contribution >= 0.6 is 0 Å². The predicted octanol–water partition coefficient (Wildman–Crippen LogP) is 4.11. The van der Waals surface area contributed by atoms with Crippen LogP contribution in [0, 0.1) is 0 Å². The second-order valence-electron chi connectivity index (χ2n) is 4.32. The topological polar surface area (TPSA) is 59.3 Å². The number of ketones is 1. The third kappa shape index (κ3) is 4.70. The first-order chi connectivity index (χ1) is 10.8. The first kappa shape index (κ1) is 18.5. The highest BCUT2D eigenvalue weighted by molar-refractivity contribution is 5.96. The molecule has 1 aromatic heterocycles. The van der Waals surface area contributed by atoms with Gasteiger partial charge in [-0.1, -0.05) is 26.0 Å². The maximum atomic E-state index is 12.4. The number of Topliss-reactive ketones (excluding diaryl/α,β-unsaturated/α-hetero) is 1. The van der Waals surface area contributed by atoms with Gasteiger partial charge < -0.3 is 9.67 Å².